The molecule has 0 saturated heterocycles. The summed E-state index contributed by atoms with van der Waals surface area (Å²) in [6.45, 7) is 0. The Morgan fingerprint density at radius 1 is 0.938 bits per heavy atom. The molecule has 0 N–H and O–H groups in total. The van der Waals surface area contributed by atoms with Gasteiger partial charge in [-0.15, -0.1) is 0 Å². The van der Waals surface area contributed by atoms with Crippen LogP contribution in [0.25, 0.3) is 10.4 Å². The van der Waals surface area contributed by atoms with Gasteiger partial charge in [-0.05, 0) is 29.8 Å². The van der Waals surface area contributed by atoms with Crippen LogP contribution in [0.2, 0.25) is 0 Å². The van der Waals surface area contributed by atoms with Gasteiger partial charge in [-0.3, -0.25) is 0 Å². The first kappa shape index (κ1) is 10.1. The molecule has 0 aliphatic rings. The largest absolute Gasteiger partial charge is 0.457 e. The summed E-state index contributed by atoms with van der Waals surface area (Å²) in [6, 6.07) is 16.4. The molecule has 2 rings (SSSR count). The first-order valence-electron chi connectivity index (χ1n) is 4.77. The lowest BCUT2D eigenvalue weighted by Crippen LogP contribution is -1.83. The van der Waals surface area contributed by atoms with Gasteiger partial charge in [0.15, 0.2) is 0 Å². The van der Waals surface area contributed by atoms with Gasteiger partial charge in [0.1, 0.15) is 11.5 Å². The molecular formula is C12H9N3O. The van der Waals surface area contributed by atoms with E-state index in [1.807, 2.05) is 36.4 Å². The van der Waals surface area contributed by atoms with E-state index in [0.29, 0.717) is 17.2 Å². The van der Waals surface area contributed by atoms with Crippen molar-refractivity contribution in [3.05, 3.63) is 65.0 Å². The van der Waals surface area contributed by atoms with Crippen molar-refractivity contribution in [1.29, 1.82) is 0 Å². The van der Waals surface area contributed by atoms with Crippen LogP contribution < -0.4 is 4.74 Å². The minimum atomic E-state index is 0.480. The number of azide groups is 1. The summed E-state index contributed by atoms with van der Waals surface area (Å²) in [7, 11) is 0. The zero-order chi connectivity index (χ0) is 11.2. The Kier molecular flexibility index (Phi) is 3.07. The van der Waals surface area contributed by atoms with Gasteiger partial charge < -0.3 is 4.74 Å². The standard InChI is InChI=1S/C12H9N3O/c13-15-14-11-8-4-5-9-12(11)16-10-6-2-1-3-7-10/h1-9H. The lowest BCUT2D eigenvalue weighted by molar-refractivity contribution is 0.484. The average molecular weight is 211 g/mol. The molecule has 0 atom stereocenters. The molecule has 0 unspecified atom stereocenters. The minimum absolute atomic E-state index is 0.480. The molecule has 4 heteroatoms. The van der Waals surface area contributed by atoms with Gasteiger partial charge in [0.25, 0.3) is 0 Å². The maximum Gasteiger partial charge on any atom is 0.137 e. The highest BCUT2D eigenvalue weighted by molar-refractivity contribution is 5.52. The molecule has 0 aliphatic heterocycles. The van der Waals surface area contributed by atoms with Crippen molar-refractivity contribution in [1.82, 2.24) is 0 Å². The molecule has 0 saturated carbocycles. The summed E-state index contributed by atoms with van der Waals surface area (Å²) in [5.74, 6) is 1.26. The third-order valence-electron chi connectivity index (χ3n) is 1.99. The summed E-state index contributed by atoms with van der Waals surface area (Å²) >= 11 is 0. The lowest BCUT2D eigenvalue weighted by Gasteiger charge is -2.07. The van der Waals surface area contributed by atoms with Crippen molar-refractivity contribution in [3.8, 4) is 11.5 Å². The second-order valence-electron chi connectivity index (χ2n) is 3.07. The highest BCUT2D eigenvalue weighted by Crippen LogP contribution is 2.31. The predicted octanol–water partition coefficient (Wildman–Crippen LogP) is 4.42. The summed E-state index contributed by atoms with van der Waals surface area (Å²) in [5.41, 5.74) is 8.89. The molecule has 0 radical (unpaired) electrons. The first-order chi connectivity index (χ1) is 7.90. The van der Waals surface area contributed by atoms with Crippen LogP contribution >= 0.6 is 0 Å². The average Bonchev–Trinajstić information content (AvgIpc) is 2.33. The molecule has 0 fully saturated rings. The van der Waals surface area contributed by atoms with E-state index in [9.17, 15) is 0 Å². The van der Waals surface area contributed by atoms with Crippen molar-refractivity contribution in [2.24, 2.45) is 5.11 Å². The number of rotatable bonds is 3. The van der Waals surface area contributed by atoms with Gasteiger partial charge >= 0.3 is 0 Å². The highest BCUT2D eigenvalue weighted by atomic mass is 16.5. The first-order valence-corrected chi connectivity index (χ1v) is 4.77. The molecule has 2 aromatic rings. The monoisotopic (exact) mass is 211 g/mol. The fraction of sp³-hybridized carbons (Fsp3) is 0. The smallest absolute Gasteiger partial charge is 0.137 e. The molecule has 0 heterocycles. The van der Waals surface area contributed by atoms with Crippen LogP contribution in [0.5, 0.6) is 11.5 Å². The maximum absolute atomic E-state index is 8.41. The number of hydrogen-bond acceptors (Lipinski definition) is 2. The zero-order valence-electron chi connectivity index (χ0n) is 8.45. The Hall–Kier alpha value is -2.45. The summed E-state index contributed by atoms with van der Waals surface area (Å²) in [5, 5.41) is 3.56. The van der Waals surface area contributed by atoms with Crippen LogP contribution in [0.15, 0.2) is 59.7 Å². The fourth-order valence-electron chi connectivity index (χ4n) is 1.29. The number of nitrogens with zero attached hydrogens (tertiary/aromatic N) is 3. The molecule has 0 aliphatic carbocycles. The van der Waals surface area contributed by atoms with E-state index in [4.69, 9.17) is 10.3 Å². The van der Waals surface area contributed by atoms with Gasteiger partial charge in [0.2, 0.25) is 0 Å². The van der Waals surface area contributed by atoms with Gasteiger partial charge in [-0.1, -0.05) is 35.4 Å². The Bertz CT molecular complexity index is 519. The predicted molar refractivity (Wildman–Crippen MR) is 61.8 cm³/mol. The summed E-state index contributed by atoms with van der Waals surface area (Å²) < 4.78 is 5.60. The molecule has 0 aromatic heterocycles. The van der Waals surface area contributed by atoms with Crippen LogP contribution in [0, 0.1) is 0 Å². The van der Waals surface area contributed by atoms with E-state index < -0.39 is 0 Å². The summed E-state index contributed by atoms with van der Waals surface area (Å²) in [4.78, 5) is 2.75. The van der Waals surface area contributed by atoms with E-state index in [1.54, 1.807) is 18.2 Å². The maximum atomic E-state index is 8.41. The second kappa shape index (κ2) is 4.87. The Morgan fingerprint density at radius 3 is 2.38 bits per heavy atom. The number of benzene rings is 2. The van der Waals surface area contributed by atoms with Gasteiger partial charge in [-0.25, -0.2) is 0 Å². The van der Waals surface area contributed by atoms with Crippen molar-refractivity contribution in [2.75, 3.05) is 0 Å². The topological polar surface area (TPSA) is 58.0 Å². The van der Waals surface area contributed by atoms with Gasteiger partial charge in [0.05, 0.1) is 5.69 Å². The van der Waals surface area contributed by atoms with Gasteiger partial charge in [-0.2, -0.15) is 0 Å². The van der Waals surface area contributed by atoms with E-state index in [2.05, 4.69) is 10.0 Å². The number of hydrogen-bond donors (Lipinski definition) is 0. The summed E-state index contributed by atoms with van der Waals surface area (Å²) in [6.07, 6.45) is 0. The molecule has 2 aromatic carbocycles. The Morgan fingerprint density at radius 2 is 1.62 bits per heavy atom. The normalized spacial score (nSPS) is 9.25. The number of para-hydroxylation sites is 2. The van der Waals surface area contributed by atoms with Crippen LogP contribution in [-0.2, 0) is 0 Å². The van der Waals surface area contributed by atoms with Crippen molar-refractivity contribution < 1.29 is 4.74 Å². The zero-order valence-corrected chi connectivity index (χ0v) is 8.45. The van der Waals surface area contributed by atoms with E-state index in [-0.39, 0.29) is 0 Å². The van der Waals surface area contributed by atoms with E-state index in [1.165, 1.54) is 0 Å². The van der Waals surface area contributed by atoms with Crippen LogP contribution in [0.4, 0.5) is 5.69 Å². The lowest BCUT2D eigenvalue weighted by atomic mass is 10.3. The molecule has 4 nitrogen and oxygen atoms in total. The van der Waals surface area contributed by atoms with Crippen LogP contribution in [0.1, 0.15) is 0 Å². The third-order valence-corrected chi connectivity index (χ3v) is 1.99. The number of ether oxygens (including phenoxy) is 1. The van der Waals surface area contributed by atoms with Crippen molar-refractivity contribution >= 4 is 5.69 Å². The highest BCUT2D eigenvalue weighted by Gasteiger charge is 2.01. The van der Waals surface area contributed by atoms with Gasteiger partial charge in [0, 0.05) is 4.91 Å². The van der Waals surface area contributed by atoms with Crippen molar-refractivity contribution in [2.45, 2.75) is 0 Å². The van der Waals surface area contributed by atoms with E-state index >= 15 is 0 Å². The quantitative estimate of drug-likeness (QED) is 0.421. The third kappa shape index (κ3) is 2.32. The molecule has 78 valence electrons. The molecule has 0 bridgehead atoms. The second-order valence-corrected chi connectivity index (χ2v) is 3.07. The van der Waals surface area contributed by atoms with E-state index in [0.717, 1.165) is 0 Å². The fourth-order valence-corrected chi connectivity index (χ4v) is 1.29. The van der Waals surface area contributed by atoms with Crippen LogP contribution in [-0.4, -0.2) is 0 Å². The minimum Gasteiger partial charge on any atom is -0.457 e. The Labute approximate surface area is 92.7 Å². The van der Waals surface area contributed by atoms with Crippen LogP contribution in [0.3, 0.4) is 0 Å². The SMILES string of the molecule is [N-]=[N+]=Nc1ccccc1Oc1ccccc1. The Balaban J connectivity index is 2.31. The molecular weight excluding hydrogens is 202 g/mol. The molecule has 0 spiro atoms. The molecule has 16 heavy (non-hydrogen) atoms. The molecule has 0 amide bonds. The van der Waals surface area contributed by atoms with Crippen molar-refractivity contribution in [3.63, 3.8) is 0 Å².